The number of amides is 1. The Morgan fingerprint density at radius 3 is 2.69 bits per heavy atom. The highest BCUT2D eigenvalue weighted by molar-refractivity contribution is 14.1. The lowest BCUT2D eigenvalue weighted by atomic mass is 9.75. The summed E-state index contributed by atoms with van der Waals surface area (Å²) in [5.41, 5.74) is 3.01. The van der Waals surface area contributed by atoms with E-state index in [1.54, 1.807) is 4.68 Å². The van der Waals surface area contributed by atoms with Crippen molar-refractivity contribution in [2.45, 2.75) is 43.4 Å². The monoisotopic (exact) mass is 596 g/mol. The van der Waals surface area contributed by atoms with E-state index in [0.717, 1.165) is 51.4 Å². The minimum atomic E-state index is -1.32. The summed E-state index contributed by atoms with van der Waals surface area (Å²) in [6, 6.07) is 10.2. The predicted octanol–water partition coefficient (Wildman–Crippen LogP) is 3.52. The van der Waals surface area contributed by atoms with Crippen molar-refractivity contribution in [1.29, 1.82) is 0 Å². The van der Waals surface area contributed by atoms with Crippen molar-refractivity contribution in [3.8, 4) is 0 Å². The van der Waals surface area contributed by atoms with Crippen molar-refractivity contribution in [2.24, 2.45) is 7.05 Å². The lowest BCUT2D eigenvalue weighted by Crippen LogP contribution is -2.54. The zero-order chi connectivity index (χ0) is 25.2. The van der Waals surface area contributed by atoms with Gasteiger partial charge in [-0.2, -0.15) is 5.10 Å². The molecule has 1 unspecified atom stereocenters. The summed E-state index contributed by atoms with van der Waals surface area (Å²) in [7, 11) is 1.89. The van der Waals surface area contributed by atoms with Crippen LogP contribution >= 0.6 is 22.6 Å². The van der Waals surface area contributed by atoms with E-state index in [2.05, 4.69) is 44.4 Å². The van der Waals surface area contributed by atoms with Gasteiger partial charge < -0.3 is 20.8 Å². The van der Waals surface area contributed by atoms with Gasteiger partial charge in [0.1, 0.15) is 11.6 Å². The molecule has 35 heavy (non-hydrogen) atoms. The number of halogens is 3. The van der Waals surface area contributed by atoms with Crippen LogP contribution in [0.1, 0.15) is 28.8 Å². The Kier molecular flexibility index (Phi) is 7.72. The highest BCUT2D eigenvalue weighted by Crippen LogP contribution is 2.36. The molecule has 3 atom stereocenters. The van der Waals surface area contributed by atoms with Gasteiger partial charge in [-0.3, -0.25) is 4.68 Å². The molecule has 0 aliphatic heterocycles. The summed E-state index contributed by atoms with van der Waals surface area (Å²) < 4.78 is 30.2. The van der Waals surface area contributed by atoms with Crippen molar-refractivity contribution in [3.05, 3.63) is 86.3 Å². The van der Waals surface area contributed by atoms with Crippen LogP contribution in [0.4, 0.5) is 13.6 Å². The molecule has 0 spiro atoms. The van der Waals surface area contributed by atoms with Gasteiger partial charge in [-0.1, -0.05) is 12.1 Å². The second kappa shape index (κ2) is 10.6. The number of aliphatic hydroxyl groups is 1. The topological polar surface area (TPSA) is 99.4 Å². The van der Waals surface area contributed by atoms with Crippen molar-refractivity contribution in [3.63, 3.8) is 0 Å². The number of aryl methyl sites for hydroxylation is 2. The van der Waals surface area contributed by atoms with Crippen LogP contribution in [0.2, 0.25) is 0 Å². The van der Waals surface area contributed by atoms with Gasteiger partial charge in [-0.05, 0) is 89.2 Å². The van der Waals surface area contributed by atoms with E-state index in [9.17, 15) is 23.8 Å². The van der Waals surface area contributed by atoms with E-state index in [1.165, 1.54) is 0 Å². The van der Waals surface area contributed by atoms with Gasteiger partial charge in [0.2, 0.25) is 0 Å². The third-order valence-corrected chi connectivity index (χ3v) is 7.12. The fourth-order valence-electron chi connectivity index (χ4n) is 4.84. The van der Waals surface area contributed by atoms with E-state index in [4.69, 9.17) is 0 Å². The number of nitrogens with one attached hydrogen (secondary N) is 2. The SMILES string of the molecule is Cn1cc2c(n1)CCC(NC[C@H](O)[C@H](Cc1cc(F)cc(F)c1)NC(=O)O)(c1cccc(I)c1)C2. The summed E-state index contributed by atoms with van der Waals surface area (Å²) in [6.07, 6.45) is 1.63. The van der Waals surface area contributed by atoms with Crippen LogP contribution in [0.15, 0.2) is 48.7 Å². The number of aromatic nitrogens is 2. The Labute approximate surface area is 215 Å². The summed E-state index contributed by atoms with van der Waals surface area (Å²) in [5, 5.41) is 30.7. The van der Waals surface area contributed by atoms with Gasteiger partial charge >= 0.3 is 6.09 Å². The van der Waals surface area contributed by atoms with Crippen LogP contribution < -0.4 is 10.6 Å². The molecule has 186 valence electrons. The summed E-state index contributed by atoms with van der Waals surface area (Å²) >= 11 is 2.27. The Bertz CT molecular complexity index is 1200. The standard InChI is InChI=1S/C25H27F2IN4O3/c1-32-14-16-12-25(6-5-21(16)31-32,17-3-2-4-20(28)10-17)29-13-23(33)22(30-24(34)35)9-15-7-18(26)11-19(27)8-15/h2-4,7-8,10-11,14,22-23,29-30,33H,5-6,9,12-13H2,1H3,(H,34,35)/t22-,23-,25?/m0/s1. The van der Waals surface area contributed by atoms with Gasteiger partial charge in [-0.15, -0.1) is 0 Å². The number of fused-ring (bicyclic) bond motifs is 1. The molecule has 1 aliphatic rings. The third-order valence-electron chi connectivity index (χ3n) is 6.45. The number of benzene rings is 2. The predicted molar refractivity (Wildman–Crippen MR) is 135 cm³/mol. The normalized spacial score (nSPS) is 19.1. The molecule has 0 radical (unpaired) electrons. The van der Waals surface area contributed by atoms with Crippen LogP contribution in [0.3, 0.4) is 0 Å². The van der Waals surface area contributed by atoms with Gasteiger partial charge in [0.05, 0.1) is 17.8 Å². The van der Waals surface area contributed by atoms with Gasteiger partial charge in [0.25, 0.3) is 0 Å². The van der Waals surface area contributed by atoms with Gasteiger partial charge in [-0.25, -0.2) is 13.6 Å². The maximum Gasteiger partial charge on any atom is 0.404 e. The second-order valence-corrected chi connectivity index (χ2v) is 10.3. The van der Waals surface area contributed by atoms with Crippen LogP contribution in [0.25, 0.3) is 0 Å². The molecular weight excluding hydrogens is 569 g/mol. The van der Waals surface area contributed by atoms with E-state index in [-0.39, 0.29) is 18.5 Å². The molecule has 4 N–H and O–H groups in total. The molecule has 0 saturated carbocycles. The molecule has 3 aromatic rings. The second-order valence-electron chi connectivity index (χ2n) is 9.03. The largest absolute Gasteiger partial charge is 0.465 e. The number of rotatable bonds is 8. The van der Waals surface area contributed by atoms with E-state index < -0.39 is 35.4 Å². The minimum Gasteiger partial charge on any atom is -0.465 e. The Balaban J connectivity index is 1.57. The first kappa shape index (κ1) is 25.5. The molecule has 0 bridgehead atoms. The Morgan fingerprint density at radius 2 is 2.00 bits per heavy atom. The molecule has 0 saturated heterocycles. The van der Waals surface area contributed by atoms with Gasteiger partial charge in [0.15, 0.2) is 0 Å². The number of nitrogens with zero attached hydrogens (tertiary/aromatic N) is 2. The molecule has 2 aromatic carbocycles. The lowest BCUT2D eigenvalue weighted by molar-refractivity contribution is 0.104. The lowest BCUT2D eigenvalue weighted by Gasteiger charge is -2.40. The summed E-state index contributed by atoms with van der Waals surface area (Å²) in [4.78, 5) is 11.4. The zero-order valence-corrected chi connectivity index (χ0v) is 21.3. The number of carboxylic acid groups (broad SMARTS) is 1. The molecule has 1 aromatic heterocycles. The number of hydrogen-bond donors (Lipinski definition) is 4. The van der Waals surface area contributed by atoms with Gasteiger partial charge in [0, 0.05) is 35.0 Å². The smallest absolute Gasteiger partial charge is 0.404 e. The van der Waals surface area contributed by atoms with E-state index in [0.29, 0.717) is 6.42 Å². The first-order chi connectivity index (χ1) is 16.6. The fourth-order valence-corrected chi connectivity index (χ4v) is 5.38. The maximum atomic E-state index is 13.7. The molecular formula is C25H27F2IN4O3. The van der Waals surface area contributed by atoms with Crippen LogP contribution in [-0.2, 0) is 31.8 Å². The molecule has 10 heteroatoms. The molecule has 1 heterocycles. The molecule has 7 nitrogen and oxygen atoms in total. The average Bonchev–Trinajstić information content (AvgIpc) is 3.15. The number of hydrogen-bond acceptors (Lipinski definition) is 4. The highest BCUT2D eigenvalue weighted by Gasteiger charge is 2.38. The zero-order valence-electron chi connectivity index (χ0n) is 19.1. The third kappa shape index (κ3) is 6.17. The van der Waals surface area contributed by atoms with Crippen LogP contribution in [0, 0.1) is 15.2 Å². The number of aliphatic hydroxyl groups excluding tert-OH is 1. The Morgan fingerprint density at radius 1 is 1.26 bits per heavy atom. The number of carbonyl (C=O) groups is 1. The summed E-state index contributed by atoms with van der Waals surface area (Å²) in [5.74, 6) is -1.51. The molecule has 1 amide bonds. The maximum absolute atomic E-state index is 13.7. The highest BCUT2D eigenvalue weighted by atomic mass is 127. The quantitative estimate of drug-likeness (QED) is 0.299. The average molecular weight is 596 g/mol. The molecule has 4 rings (SSSR count). The van der Waals surface area contributed by atoms with Crippen LogP contribution in [-0.4, -0.2) is 44.8 Å². The fraction of sp³-hybridized carbons (Fsp3) is 0.360. The van der Waals surface area contributed by atoms with E-state index in [1.807, 2.05) is 31.4 Å². The minimum absolute atomic E-state index is 0.0627. The molecule has 0 fully saturated rings. The van der Waals surface area contributed by atoms with Crippen molar-refractivity contribution in [1.82, 2.24) is 20.4 Å². The van der Waals surface area contributed by atoms with E-state index >= 15 is 0 Å². The van der Waals surface area contributed by atoms with Crippen molar-refractivity contribution >= 4 is 28.7 Å². The molecule has 1 aliphatic carbocycles. The first-order valence-electron chi connectivity index (χ1n) is 11.3. The van der Waals surface area contributed by atoms with Crippen molar-refractivity contribution < 1.29 is 23.8 Å². The first-order valence-corrected chi connectivity index (χ1v) is 12.4. The van der Waals surface area contributed by atoms with Crippen LogP contribution in [0.5, 0.6) is 0 Å². The summed E-state index contributed by atoms with van der Waals surface area (Å²) in [6.45, 7) is 0.0732. The van der Waals surface area contributed by atoms with Crippen molar-refractivity contribution in [2.75, 3.05) is 6.54 Å². The Hall–Kier alpha value is -2.57.